The molecule has 166 valence electrons. The zero-order valence-corrected chi connectivity index (χ0v) is 18.7. The van der Waals surface area contributed by atoms with E-state index >= 15 is 0 Å². The maximum absolute atomic E-state index is 12.9. The highest BCUT2D eigenvalue weighted by Gasteiger charge is 2.35. The third kappa shape index (κ3) is 5.75. The van der Waals surface area contributed by atoms with E-state index in [0.717, 1.165) is 24.0 Å². The van der Waals surface area contributed by atoms with Crippen LogP contribution in [0.15, 0.2) is 48.7 Å². The summed E-state index contributed by atoms with van der Waals surface area (Å²) in [6.45, 7) is 8.61. The van der Waals surface area contributed by atoms with Crippen molar-refractivity contribution in [3.05, 3.63) is 59.8 Å². The molecule has 0 bridgehead atoms. The summed E-state index contributed by atoms with van der Waals surface area (Å²) in [6.07, 6.45) is 2.48. The zero-order chi connectivity index (χ0) is 22.4. The molecule has 2 heterocycles. The van der Waals surface area contributed by atoms with E-state index in [1.165, 1.54) is 4.90 Å². The van der Waals surface area contributed by atoms with Crippen LogP contribution in [0.5, 0.6) is 0 Å². The van der Waals surface area contributed by atoms with Crippen LogP contribution in [-0.4, -0.2) is 40.8 Å². The van der Waals surface area contributed by atoms with Crippen LogP contribution >= 0.6 is 0 Å². The van der Waals surface area contributed by atoms with Gasteiger partial charge in [0.15, 0.2) is 0 Å². The number of aromatic nitrogens is 1. The van der Waals surface area contributed by atoms with Gasteiger partial charge in [-0.05, 0) is 52.2 Å². The van der Waals surface area contributed by atoms with Crippen molar-refractivity contribution in [3.63, 3.8) is 0 Å². The number of amides is 2. The molecule has 1 saturated heterocycles. The highest BCUT2D eigenvalue weighted by Crippen LogP contribution is 2.37. The van der Waals surface area contributed by atoms with E-state index in [1.807, 2.05) is 70.2 Å². The lowest BCUT2D eigenvalue weighted by Crippen LogP contribution is -2.39. The van der Waals surface area contributed by atoms with Gasteiger partial charge in [0.2, 0.25) is 0 Å². The highest BCUT2D eigenvalue weighted by atomic mass is 16.6. The van der Waals surface area contributed by atoms with Crippen LogP contribution in [-0.2, 0) is 16.1 Å². The summed E-state index contributed by atoms with van der Waals surface area (Å²) in [5.74, 6) is 0.520. The fourth-order valence-corrected chi connectivity index (χ4v) is 3.69. The number of carbonyl (C=O) groups is 2. The molecule has 0 aliphatic carbocycles. The van der Waals surface area contributed by atoms with Crippen LogP contribution in [0.3, 0.4) is 0 Å². The van der Waals surface area contributed by atoms with Gasteiger partial charge in [0.1, 0.15) is 18.0 Å². The standard InChI is InChI=1S/C24H31N3O4/c1-5-26(23(29)31-24(2,3)4)21-19(13-9-15-25-21)20-14-10-16-27(20)22(28)30-17-18-11-7-6-8-12-18/h6-9,11-13,15,20H,5,10,14,16-17H2,1-4H3/t20-/m1/s1. The van der Waals surface area contributed by atoms with E-state index in [2.05, 4.69) is 4.98 Å². The first kappa shape index (κ1) is 22.6. The number of rotatable bonds is 5. The van der Waals surface area contributed by atoms with E-state index in [-0.39, 0.29) is 18.7 Å². The average molecular weight is 426 g/mol. The van der Waals surface area contributed by atoms with Crippen LogP contribution in [0.1, 0.15) is 57.7 Å². The number of carbonyl (C=O) groups excluding carboxylic acids is 2. The van der Waals surface area contributed by atoms with E-state index in [9.17, 15) is 9.59 Å². The smallest absolute Gasteiger partial charge is 0.415 e. The third-order valence-corrected chi connectivity index (χ3v) is 5.05. The quantitative estimate of drug-likeness (QED) is 0.649. The number of pyridine rings is 1. The molecule has 1 atom stereocenters. The Kier molecular flexibility index (Phi) is 7.15. The van der Waals surface area contributed by atoms with E-state index in [1.54, 1.807) is 11.1 Å². The Morgan fingerprint density at radius 2 is 1.90 bits per heavy atom. The Balaban J connectivity index is 1.79. The summed E-state index contributed by atoms with van der Waals surface area (Å²) in [7, 11) is 0. The second kappa shape index (κ2) is 9.81. The second-order valence-electron chi connectivity index (χ2n) is 8.53. The molecule has 0 N–H and O–H groups in total. The molecule has 1 aromatic heterocycles. The number of likely N-dealkylation sites (tertiary alicyclic amines) is 1. The van der Waals surface area contributed by atoms with Gasteiger partial charge in [-0.25, -0.2) is 14.6 Å². The van der Waals surface area contributed by atoms with Crippen molar-refractivity contribution in [3.8, 4) is 0 Å². The summed E-state index contributed by atoms with van der Waals surface area (Å²) in [4.78, 5) is 33.4. The number of benzene rings is 1. The van der Waals surface area contributed by atoms with Crippen LogP contribution in [0, 0.1) is 0 Å². The number of ether oxygens (including phenoxy) is 2. The van der Waals surface area contributed by atoms with Gasteiger partial charge in [-0.3, -0.25) is 4.90 Å². The number of hydrogen-bond donors (Lipinski definition) is 0. The lowest BCUT2D eigenvalue weighted by atomic mass is 10.1. The molecule has 0 unspecified atom stereocenters. The molecule has 2 aromatic rings. The van der Waals surface area contributed by atoms with Crippen molar-refractivity contribution in [1.29, 1.82) is 0 Å². The Bertz CT molecular complexity index is 895. The molecule has 1 fully saturated rings. The molecule has 0 spiro atoms. The van der Waals surface area contributed by atoms with Crippen molar-refractivity contribution in [1.82, 2.24) is 9.88 Å². The van der Waals surface area contributed by atoms with Gasteiger partial charge in [-0.15, -0.1) is 0 Å². The second-order valence-corrected chi connectivity index (χ2v) is 8.53. The van der Waals surface area contributed by atoms with Gasteiger partial charge in [0.05, 0.1) is 6.04 Å². The van der Waals surface area contributed by atoms with Gasteiger partial charge >= 0.3 is 12.2 Å². The normalized spacial score (nSPS) is 16.1. The lowest BCUT2D eigenvalue weighted by Gasteiger charge is -2.30. The number of anilines is 1. The van der Waals surface area contributed by atoms with Crippen molar-refractivity contribution < 1.29 is 19.1 Å². The van der Waals surface area contributed by atoms with E-state index in [0.29, 0.717) is 18.9 Å². The van der Waals surface area contributed by atoms with Crippen LogP contribution in [0.4, 0.5) is 15.4 Å². The first-order valence-electron chi connectivity index (χ1n) is 10.7. The highest BCUT2D eigenvalue weighted by molar-refractivity contribution is 5.87. The number of nitrogens with zero attached hydrogens (tertiary/aromatic N) is 3. The summed E-state index contributed by atoms with van der Waals surface area (Å²) >= 11 is 0. The monoisotopic (exact) mass is 425 g/mol. The van der Waals surface area contributed by atoms with Gasteiger partial charge < -0.3 is 14.4 Å². The third-order valence-electron chi connectivity index (χ3n) is 5.05. The van der Waals surface area contributed by atoms with Crippen molar-refractivity contribution in [2.75, 3.05) is 18.0 Å². The molecule has 7 heteroatoms. The zero-order valence-electron chi connectivity index (χ0n) is 18.7. The van der Waals surface area contributed by atoms with Gasteiger partial charge in [-0.1, -0.05) is 36.4 Å². The molecule has 3 rings (SSSR count). The molecule has 31 heavy (non-hydrogen) atoms. The van der Waals surface area contributed by atoms with Crippen molar-refractivity contribution in [2.45, 2.75) is 58.8 Å². The minimum absolute atomic E-state index is 0.205. The van der Waals surface area contributed by atoms with Gasteiger partial charge in [0.25, 0.3) is 0 Å². The first-order valence-corrected chi connectivity index (χ1v) is 10.7. The summed E-state index contributed by atoms with van der Waals surface area (Å²) in [6, 6.07) is 13.1. The molecular weight excluding hydrogens is 394 g/mol. The van der Waals surface area contributed by atoms with E-state index < -0.39 is 11.7 Å². The molecule has 2 amide bonds. The Morgan fingerprint density at radius 1 is 1.16 bits per heavy atom. The Labute approximate surface area is 184 Å². The minimum Gasteiger partial charge on any atom is -0.445 e. The fourth-order valence-electron chi connectivity index (χ4n) is 3.69. The summed E-state index contributed by atoms with van der Waals surface area (Å²) in [5, 5.41) is 0. The molecule has 0 saturated carbocycles. The first-order chi connectivity index (χ1) is 14.8. The molecule has 1 aliphatic heterocycles. The largest absolute Gasteiger partial charge is 0.445 e. The predicted octanol–water partition coefficient (Wildman–Crippen LogP) is 5.32. The molecule has 1 aliphatic rings. The van der Waals surface area contributed by atoms with Gasteiger partial charge in [0, 0.05) is 24.8 Å². The Morgan fingerprint density at radius 3 is 2.58 bits per heavy atom. The minimum atomic E-state index is -0.611. The van der Waals surface area contributed by atoms with E-state index in [4.69, 9.17) is 9.47 Å². The SMILES string of the molecule is CCN(C(=O)OC(C)(C)C)c1ncccc1[C@H]1CCCN1C(=O)OCc1ccccc1. The average Bonchev–Trinajstić information content (AvgIpc) is 3.22. The van der Waals surface area contributed by atoms with Crippen molar-refractivity contribution >= 4 is 18.0 Å². The molecule has 1 aromatic carbocycles. The van der Waals surface area contributed by atoms with Crippen molar-refractivity contribution in [2.24, 2.45) is 0 Å². The van der Waals surface area contributed by atoms with Crippen LogP contribution in [0.25, 0.3) is 0 Å². The number of hydrogen-bond acceptors (Lipinski definition) is 5. The maximum Gasteiger partial charge on any atom is 0.415 e. The Hall–Kier alpha value is -3.09. The lowest BCUT2D eigenvalue weighted by molar-refractivity contribution is 0.0580. The summed E-state index contributed by atoms with van der Waals surface area (Å²) < 4.78 is 11.1. The van der Waals surface area contributed by atoms with Crippen LogP contribution in [0.2, 0.25) is 0 Å². The van der Waals surface area contributed by atoms with Crippen LogP contribution < -0.4 is 4.90 Å². The topological polar surface area (TPSA) is 72.0 Å². The molecule has 0 radical (unpaired) electrons. The molecular formula is C24H31N3O4. The maximum atomic E-state index is 12.9. The summed E-state index contributed by atoms with van der Waals surface area (Å²) in [5.41, 5.74) is 1.15. The predicted molar refractivity (Wildman–Crippen MR) is 119 cm³/mol. The fraction of sp³-hybridized carbons (Fsp3) is 0.458. The molecule has 7 nitrogen and oxygen atoms in total. The van der Waals surface area contributed by atoms with Gasteiger partial charge in [-0.2, -0.15) is 0 Å².